The number of hydrogen-bond acceptors (Lipinski definition) is 6. The van der Waals surface area contributed by atoms with Crippen molar-refractivity contribution in [1.82, 2.24) is 0 Å². The molecule has 2 N–H and O–H groups in total. The summed E-state index contributed by atoms with van der Waals surface area (Å²) in [6, 6.07) is 10.8. The van der Waals surface area contributed by atoms with Gasteiger partial charge < -0.3 is 15.2 Å². The largest absolute Gasteiger partial charge is 0.465 e. The highest BCUT2D eigenvalue weighted by Gasteiger charge is 2.21. The number of carbonyl (C=O) groups is 1. The van der Waals surface area contributed by atoms with Crippen LogP contribution in [0.1, 0.15) is 22.0 Å². The Morgan fingerprint density at radius 1 is 1.38 bits per heavy atom. The first kappa shape index (κ1) is 17.7. The monoisotopic (exact) mass is 350 g/mol. The van der Waals surface area contributed by atoms with Crippen molar-refractivity contribution in [2.75, 3.05) is 19.0 Å². The van der Waals surface area contributed by atoms with Crippen molar-refractivity contribution in [2.24, 2.45) is 0 Å². The van der Waals surface area contributed by atoms with Crippen molar-refractivity contribution < 1.29 is 19.6 Å². The molecule has 0 heterocycles. The number of nitro benzene ring substituents is 1. The Labute approximate surface area is 143 Å². The second-order valence-corrected chi connectivity index (χ2v) is 5.31. The summed E-state index contributed by atoms with van der Waals surface area (Å²) in [7, 11) is 1.15. The molecule has 0 saturated carbocycles. The van der Waals surface area contributed by atoms with Gasteiger partial charge in [-0.25, -0.2) is 4.79 Å². The topological polar surface area (TPSA) is 102 Å². The van der Waals surface area contributed by atoms with E-state index in [1.807, 2.05) is 0 Å². The lowest BCUT2D eigenvalue weighted by atomic mass is 10.1. The Morgan fingerprint density at radius 3 is 2.71 bits per heavy atom. The van der Waals surface area contributed by atoms with Gasteiger partial charge in [0.15, 0.2) is 0 Å². The number of halogens is 1. The summed E-state index contributed by atoms with van der Waals surface area (Å²) in [4.78, 5) is 22.0. The standard InChI is InChI=1S/C16H15ClN2O5/c1-24-16(21)12-8-10(6-7-14(12)19(22)23)18-9-15(20)11-4-2-3-5-13(11)17/h2-8,15,18,20H,9H2,1H3. The highest BCUT2D eigenvalue weighted by Crippen LogP contribution is 2.26. The van der Waals surface area contributed by atoms with Crippen LogP contribution < -0.4 is 5.32 Å². The fourth-order valence-electron chi connectivity index (χ4n) is 2.15. The molecule has 0 radical (unpaired) electrons. The number of aliphatic hydroxyl groups excluding tert-OH is 1. The van der Waals surface area contributed by atoms with Crippen LogP contribution in [0.4, 0.5) is 11.4 Å². The lowest BCUT2D eigenvalue weighted by molar-refractivity contribution is -0.385. The number of methoxy groups -OCH3 is 1. The van der Waals surface area contributed by atoms with Gasteiger partial charge in [0.2, 0.25) is 0 Å². The van der Waals surface area contributed by atoms with Crippen molar-refractivity contribution in [1.29, 1.82) is 0 Å². The van der Waals surface area contributed by atoms with E-state index in [0.29, 0.717) is 16.3 Å². The Kier molecular flexibility index (Phi) is 5.73. The summed E-state index contributed by atoms with van der Waals surface area (Å²) in [5.74, 6) is -0.808. The van der Waals surface area contributed by atoms with Gasteiger partial charge in [0, 0.05) is 28.9 Å². The molecule has 2 rings (SSSR count). The van der Waals surface area contributed by atoms with E-state index in [0.717, 1.165) is 7.11 Å². The maximum Gasteiger partial charge on any atom is 0.344 e. The highest BCUT2D eigenvalue weighted by molar-refractivity contribution is 6.31. The molecule has 0 amide bonds. The summed E-state index contributed by atoms with van der Waals surface area (Å²) >= 11 is 6.02. The number of carbonyl (C=O) groups excluding carboxylic acids is 1. The van der Waals surface area contributed by atoms with Crippen LogP contribution in [0.15, 0.2) is 42.5 Å². The smallest absolute Gasteiger partial charge is 0.344 e. The van der Waals surface area contributed by atoms with E-state index >= 15 is 0 Å². The lowest BCUT2D eigenvalue weighted by Gasteiger charge is -2.15. The number of nitro groups is 1. The molecule has 2 aromatic carbocycles. The van der Waals surface area contributed by atoms with Crippen LogP contribution in [-0.2, 0) is 4.74 Å². The summed E-state index contributed by atoms with van der Waals surface area (Å²) in [6.07, 6.45) is -0.879. The third kappa shape index (κ3) is 4.01. The van der Waals surface area contributed by atoms with Crippen LogP contribution in [0, 0.1) is 10.1 Å². The average molecular weight is 351 g/mol. The predicted octanol–water partition coefficient (Wildman–Crippen LogP) is 3.18. The van der Waals surface area contributed by atoms with Crippen LogP contribution in [-0.4, -0.2) is 29.7 Å². The Bertz CT molecular complexity index is 766. The number of anilines is 1. The van der Waals surface area contributed by atoms with E-state index in [2.05, 4.69) is 10.1 Å². The van der Waals surface area contributed by atoms with Gasteiger partial charge in [-0.2, -0.15) is 0 Å². The zero-order chi connectivity index (χ0) is 17.7. The zero-order valence-corrected chi connectivity index (χ0v) is 13.5. The molecule has 0 saturated heterocycles. The second-order valence-electron chi connectivity index (χ2n) is 4.90. The Balaban J connectivity index is 2.17. The second kappa shape index (κ2) is 7.76. The predicted molar refractivity (Wildman–Crippen MR) is 89.3 cm³/mol. The van der Waals surface area contributed by atoms with Crippen molar-refractivity contribution >= 4 is 28.9 Å². The Hall–Kier alpha value is -2.64. The molecule has 0 aliphatic carbocycles. The quantitative estimate of drug-likeness (QED) is 0.471. The molecule has 0 aromatic heterocycles. The minimum Gasteiger partial charge on any atom is -0.465 e. The number of aliphatic hydroxyl groups is 1. The van der Waals surface area contributed by atoms with Crippen molar-refractivity contribution in [3.05, 3.63) is 68.7 Å². The maximum absolute atomic E-state index is 11.7. The molecular weight excluding hydrogens is 336 g/mol. The molecule has 0 aliphatic rings. The molecule has 1 atom stereocenters. The summed E-state index contributed by atoms with van der Waals surface area (Å²) < 4.78 is 4.55. The third-order valence-corrected chi connectivity index (χ3v) is 3.71. The van der Waals surface area contributed by atoms with Crippen molar-refractivity contribution in [3.8, 4) is 0 Å². The Morgan fingerprint density at radius 2 is 2.08 bits per heavy atom. The summed E-state index contributed by atoms with van der Waals surface area (Å²) in [5.41, 5.74) is 0.479. The normalized spacial score (nSPS) is 11.6. The number of hydrogen-bond donors (Lipinski definition) is 2. The minimum absolute atomic E-state index is 0.113. The van der Waals surface area contributed by atoms with Gasteiger partial charge in [-0.05, 0) is 18.2 Å². The molecule has 0 bridgehead atoms. The molecule has 8 heteroatoms. The minimum atomic E-state index is -0.879. The zero-order valence-electron chi connectivity index (χ0n) is 12.7. The van der Waals surface area contributed by atoms with Gasteiger partial charge in [0.05, 0.1) is 18.1 Å². The number of esters is 1. The van der Waals surface area contributed by atoms with Crippen molar-refractivity contribution in [2.45, 2.75) is 6.10 Å². The van der Waals surface area contributed by atoms with E-state index in [4.69, 9.17) is 11.6 Å². The summed E-state index contributed by atoms with van der Waals surface area (Å²) in [6.45, 7) is 0.113. The van der Waals surface area contributed by atoms with E-state index in [1.54, 1.807) is 24.3 Å². The van der Waals surface area contributed by atoms with Crippen LogP contribution in [0.5, 0.6) is 0 Å². The van der Waals surface area contributed by atoms with Gasteiger partial charge >= 0.3 is 5.97 Å². The van der Waals surface area contributed by atoms with Gasteiger partial charge in [-0.15, -0.1) is 0 Å². The third-order valence-electron chi connectivity index (χ3n) is 3.36. The van der Waals surface area contributed by atoms with E-state index < -0.39 is 17.0 Å². The van der Waals surface area contributed by atoms with Gasteiger partial charge in [0.1, 0.15) is 5.56 Å². The summed E-state index contributed by atoms with van der Waals surface area (Å²) in [5, 5.41) is 24.5. The van der Waals surface area contributed by atoms with E-state index in [1.165, 1.54) is 18.2 Å². The maximum atomic E-state index is 11.7. The molecule has 7 nitrogen and oxygen atoms in total. The van der Waals surface area contributed by atoms with Gasteiger partial charge in [0.25, 0.3) is 5.69 Å². The SMILES string of the molecule is COC(=O)c1cc(NCC(O)c2ccccc2Cl)ccc1[N+](=O)[O-]. The van der Waals surface area contributed by atoms with Crippen LogP contribution in [0.25, 0.3) is 0 Å². The number of benzene rings is 2. The molecule has 24 heavy (non-hydrogen) atoms. The number of nitrogens with one attached hydrogen (secondary N) is 1. The highest BCUT2D eigenvalue weighted by atomic mass is 35.5. The number of rotatable bonds is 6. The number of ether oxygens (including phenoxy) is 1. The molecule has 0 spiro atoms. The van der Waals surface area contributed by atoms with Gasteiger partial charge in [-0.3, -0.25) is 10.1 Å². The van der Waals surface area contributed by atoms with Crippen LogP contribution in [0.3, 0.4) is 0 Å². The molecule has 0 aliphatic heterocycles. The van der Waals surface area contributed by atoms with Crippen molar-refractivity contribution in [3.63, 3.8) is 0 Å². The van der Waals surface area contributed by atoms with E-state index in [9.17, 15) is 20.0 Å². The van der Waals surface area contributed by atoms with E-state index in [-0.39, 0.29) is 17.8 Å². The van der Waals surface area contributed by atoms with Crippen LogP contribution >= 0.6 is 11.6 Å². The molecule has 2 aromatic rings. The molecule has 126 valence electrons. The first-order valence-corrected chi connectivity index (χ1v) is 7.35. The fraction of sp³-hybridized carbons (Fsp3) is 0.188. The number of nitrogens with zero attached hydrogens (tertiary/aromatic N) is 1. The van der Waals surface area contributed by atoms with Crippen LogP contribution in [0.2, 0.25) is 5.02 Å². The molecular formula is C16H15ClN2O5. The lowest BCUT2D eigenvalue weighted by Crippen LogP contribution is -2.13. The molecule has 0 fully saturated rings. The first-order valence-electron chi connectivity index (χ1n) is 6.97. The van der Waals surface area contributed by atoms with Gasteiger partial charge in [-0.1, -0.05) is 29.8 Å². The average Bonchev–Trinajstić information content (AvgIpc) is 2.59. The fourth-order valence-corrected chi connectivity index (χ4v) is 2.41. The first-order chi connectivity index (χ1) is 11.4. The molecule has 1 unspecified atom stereocenters.